The van der Waals surface area contributed by atoms with Gasteiger partial charge in [0.25, 0.3) is 0 Å². The highest BCUT2D eigenvalue weighted by molar-refractivity contribution is 5.93. The van der Waals surface area contributed by atoms with Crippen LogP contribution in [0.3, 0.4) is 0 Å². The number of methoxy groups -OCH3 is 1. The van der Waals surface area contributed by atoms with E-state index in [4.69, 9.17) is 10.5 Å². The molecule has 1 fully saturated rings. The van der Waals surface area contributed by atoms with Gasteiger partial charge in [-0.05, 0) is 49.4 Å². The fourth-order valence-corrected chi connectivity index (χ4v) is 2.15. The Morgan fingerprint density at radius 1 is 1.56 bits per heavy atom. The number of carbonyl (C=O) groups excluding carboxylic acids is 1. The van der Waals surface area contributed by atoms with Crippen LogP contribution in [0, 0.1) is 12.8 Å². The Labute approximate surface area is 108 Å². The van der Waals surface area contributed by atoms with Crippen molar-refractivity contribution in [1.29, 1.82) is 0 Å². The Morgan fingerprint density at radius 2 is 2.28 bits per heavy atom. The van der Waals surface area contributed by atoms with E-state index in [1.165, 1.54) is 12.8 Å². The van der Waals surface area contributed by atoms with Crippen LogP contribution in [0.5, 0.6) is 0 Å². The van der Waals surface area contributed by atoms with Crippen LogP contribution < -0.4 is 11.1 Å². The van der Waals surface area contributed by atoms with Crippen molar-refractivity contribution in [2.75, 3.05) is 19.0 Å². The zero-order chi connectivity index (χ0) is 13.1. The van der Waals surface area contributed by atoms with Gasteiger partial charge in [-0.2, -0.15) is 0 Å². The predicted molar refractivity (Wildman–Crippen MR) is 71.7 cm³/mol. The first kappa shape index (κ1) is 12.9. The molecule has 0 saturated heterocycles. The van der Waals surface area contributed by atoms with Gasteiger partial charge in [0.1, 0.15) is 0 Å². The van der Waals surface area contributed by atoms with Crippen LogP contribution in [0.2, 0.25) is 0 Å². The number of primary amides is 1. The van der Waals surface area contributed by atoms with Crippen molar-refractivity contribution < 1.29 is 9.53 Å². The topological polar surface area (TPSA) is 64.3 Å². The quantitative estimate of drug-likeness (QED) is 0.808. The molecule has 1 atom stereocenters. The van der Waals surface area contributed by atoms with E-state index in [0.717, 1.165) is 11.3 Å². The lowest BCUT2D eigenvalue weighted by Gasteiger charge is -2.20. The smallest absolute Gasteiger partial charge is 0.248 e. The second-order valence-corrected chi connectivity index (χ2v) is 4.94. The Balaban J connectivity index is 2.10. The second kappa shape index (κ2) is 5.40. The Bertz CT molecular complexity index is 441. The molecule has 98 valence electrons. The van der Waals surface area contributed by atoms with E-state index in [1.807, 2.05) is 19.1 Å². The summed E-state index contributed by atoms with van der Waals surface area (Å²) in [5, 5.41) is 3.50. The molecule has 0 radical (unpaired) electrons. The molecule has 0 bridgehead atoms. The average molecular weight is 248 g/mol. The van der Waals surface area contributed by atoms with Crippen LogP contribution in [-0.4, -0.2) is 25.7 Å². The van der Waals surface area contributed by atoms with Crippen molar-refractivity contribution in [2.24, 2.45) is 11.7 Å². The number of hydrogen-bond acceptors (Lipinski definition) is 3. The number of aryl methyl sites for hydroxylation is 1. The van der Waals surface area contributed by atoms with Gasteiger partial charge in [-0.25, -0.2) is 0 Å². The van der Waals surface area contributed by atoms with Crippen LogP contribution in [0.25, 0.3) is 0 Å². The maximum Gasteiger partial charge on any atom is 0.248 e. The zero-order valence-corrected chi connectivity index (χ0v) is 10.9. The summed E-state index contributed by atoms with van der Waals surface area (Å²) in [6.45, 7) is 2.69. The molecule has 1 aromatic carbocycles. The number of hydrogen-bond donors (Lipinski definition) is 2. The molecule has 3 N–H and O–H groups in total. The molecule has 0 heterocycles. The Hall–Kier alpha value is -1.55. The second-order valence-electron chi connectivity index (χ2n) is 4.94. The van der Waals surface area contributed by atoms with Crippen LogP contribution in [-0.2, 0) is 4.74 Å². The molecule has 18 heavy (non-hydrogen) atoms. The molecule has 0 aromatic heterocycles. The lowest BCUT2D eigenvalue weighted by Crippen LogP contribution is -2.27. The largest absolute Gasteiger partial charge is 0.383 e. The normalized spacial score (nSPS) is 16.3. The third-order valence-electron chi connectivity index (χ3n) is 3.39. The third-order valence-corrected chi connectivity index (χ3v) is 3.39. The average Bonchev–Trinajstić information content (AvgIpc) is 3.14. The minimum Gasteiger partial charge on any atom is -0.383 e. The lowest BCUT2D eigenvalue weighted by molar-refractivity contribution is 0.1000. The summed E-state index contributed by atoms with van der Waals surface area (Å²) < 4.78 is 5.24. The van der Waals surface area contributed by atoms with E-state index < -0.39 is 0 Å². The summed E-state index contributed by atoms with van der Waals surface area (Å²) in [6.07, 6.45) is 2.53. The standard InChI is InChI=1S/C14H20N2O2/c1-9-7-11(14(15)17)5-6-12(9)16-13(8-18-2)10-3-4-10/h5-7,10,13,16H,3-4,8H2,1-2H3,(H2,15,17). The van der Waals surface area contributed by atoms with Crippen LogP contribution in [0.1, 0.15) is 28.8 Å². The van der Waals surface area contributed by atoms with Crippen molar-refractivity contribution in [1.82, 2.24) is 0 Å². The SMILES string of the molecule is COCC(Nc1ccc(C(N)=O)cc1C)C1CC1. The fourth-order valence-electron chi connectivity index (χ4n) is 2.15. The van der Waals surface area contributed by atoms with Gasteiger partial charge >= 0.3 is 0 Å². The first-order valence-corrected chi connectivity index (χ1v) is 6.27. The summed E-state index contributed by atoms with van der Waals surface area (Å²) >= 11 is 0. The zero-order valence-electron chi connectivity index (χ0n) is 10.9. The van der Waals surface area contributed by atoms with E-state index in [0.29, 0.717) is 24.1 Å². The predicted octanol–water partition coefficient (Wildman–Crippen LogP) is 1.93. The van der Waals surface area contributed by atoms with Gasteiger partial charge in [-0.1, -0.05) is 0 Å². The number of benzene rings is 1. The van der Waals surface area contributed by atoms with Gasteiger partial charge in [0, 0.05) is 18.4 Å². The van der Waals surface area contributed by atoms with Gasteiger partial charge in [0.15, 0.2) is 0 Å². The Morgan fingerprint density at radius 3 is 2.78 bits per heavy atom. The molecule has 1 aromatic rings. The van der Waals surface area contributed by atoms with Crippen molar-refractivity contribution >= 4 is 11.6 Å². The molecule has 0 spiro atoms. The summed E-state index contributed by atoms with van der Waals surface area (Å²) in [6, 6.07) is 5.85. The molecule has 1 unspecified atom stereocenters. The van der Waals surface area contributed by atoms with Crippen molar-refractivity contribution in [3.63, 3.8) is 0 Å². The van der Waals surface area contributed by atoms with Gasteiger partial charge in [0.05, 0.1) is 12.6 Å². The maximum atomic E-state index is 11.1. The third kappa shape index (κ3) is 3.01. The molecule has 1 aliphatic rings. The highest BCUT2D eigenvalue weighted by Crippen LogP contribution is 2.34. The lowest BCUT2D eigenvalue weighted by atomic mass is 10.1. The highest BCUT2D eigenvalue weighted by Gasteiger charge is 2.31. The molecule has 1 saturated carbocycles. The summed E-state index contributed by atoms with van der Waals surface area (Å²) in [5.41, 5.74) is 7.89. The van der Waals surface area contributed by atoms with Gasteiger partial charge in [0.2, 0.25) is 5.91 Å². The van der Waals surface area contributed by atoms with Crippen LogP contribution in [0.15, 0.2) is 18.2 Å². The first-order valence-electron chi connectivity index (χ1n) is 6.27. The number of nitrogens with one attached hydrogen (secondary N) is 1. The Kier molecular flexibility index (Phi) is 3.87. The number of rotatable bonds is 6. The molecule has 2 rings (SSSR count). The minimum atomic E-state index is -0.389. The van der Waals surface area contributed by atoms with Crippen LogP contribution >= 0.6 is 0 Å². The number of amides is 1. The van der Waals surface area contributed by atoms with Crippen molar-refractivity contribution in [3.8, 4) is 0 Å². The molecule has 4 heteroatoms. The van der Waals surface area contributed by atoms with E-state index in [-0.39, 0.29) is 5.91 Å². The molecule has 4 nitrogen and oxygen atoms in total. The summed E-state index contributed by atoms with van der Waals surface area (Å²) in [7, 11) is 1.72. The van der Waals surface area contributed by atoms with Gasteiger partial charge in [-0.15, -0.1) is 0 Å². The number of nitrogens with two attached hydrogens (primary N) is 1. The van der Waals surface area contributed by atoms with Crippen molar-refractivity contribution in [2.45, 2.75) is 25.8 Å². The molecular formula is C14H20N2O2. The molecule has 0 aliphatic heterocycles. The number of anilines is 1. The monoisotopic (exact) mass is 248 g/mol. The number of ether oxygens (including phenoxy) is 1. The van der Waals surface area contributed by atoms with Crippen molar-refractivity contribution in [3.05, 3.63) is 29.3 Å². The van der Waals surface area contributed by atoms with Crippen LogP contribution in [0.4, 0.5) is 5.69 Å². The summed E-state index contributed by atoms with van der Waals surface area (Å²) in [4.78, 5) is 11.1. The molecule has 1 aliphatic carbocycles. The van der Waals surface area contributed by atoms with Gasteiger partial charge in [-0.3, -0.25) is 4.79 Å². The highest BCUT2D eigenvalue weighted by atomic mass is 16.5. The first-order chi connectivity index (χ1) is 8.61. The molecular weight excluding hydrogens is 228 g/mol. The maximum absolute atomic E-state index is 11.1. The van der Waals surface area contributed by atoms with E-state index in [1.54, 1.807) is 13.2 Å². The van der Waals surface area contributed by atoms with Gasteiger partial charge < -0.3 is 15.8 Å². The number of carbonyl (C=O) groups is 1. The minimum absolute atomic E-state index is 0.355. The van der Waals surface area contributed by atoms with E-state index in [2.05, 4.69) is 5.32 Å². The van der Waals surface area contributed by atoms with E-state index in [9.17, 15) is 4.79 Å². The van der Waals surface area contributed by atoms with E-state index >= 15 is 0 Å². The summed E-state index contributed by atoms with van der Waals surface area (Å²) in [5.74, 6) is 0.320. The molecule has 1 amide bonds. The fraction of sp³-hybridized carbons (Fsp3) is 0.500.